The molecule has 1 aliphatic rings. The number of hydrogen-bond acceptors (Lipinski definition) is 4. The minimum atomic E-state index is 0.694. The molecule has 1 aromatic heterocycles. The van der Waals surface area contributed by atoms with E-state index in [9.17, 15) is 0 Å². The molecule has 0 aromatic carbocycles. The van der Waals surface area contributed by atoms with Crippen molar-refractivity contribution >= 4 is 0 Å². The van der Waals surface area contributed by atoms with Crippen molar-refractivity contribution in [1.29, 1.82) is 0 Å². The monoisotopic (exact) mass is 276 g/mol. The Kier molecular flexibility index (Phi) is 5.95. The van der Waals surface area contributed by atoms with E-state index in [1.54, 1.807) is 0 Å². The summed E-state index contributed by atoms with van der Waals surface area (Å²) in [7, 11) is 2.19. The molecule has 20 heavy (non-hydrogen) atoms. The van der Waals surface area contributed by atoms with Crippen LogP contribution in [0.15, 0.2) is 18.3 Å². The standard InChI is InChI=1S/C16H28N4/c1-14(2)10-17-11-15-4-5-16(18-12-15)13-20-8-6-19(3)7-9-20/h4-5,12,14,17H,6-11,13H2,1-3H3. The van der Waals surface area contributed by atoms with E-state index in [-0.39, 0.29) is 0 Å². The predicted molar refractivity (Wildman–Crippen MR) is 83.6 cm³/mol. The van der Waals surface area contributed by atoms with E-state index in [2.05, 4.69) is 53.1 Å². The lowest BCUT2D eigenvalue weighted by Crippen LogP contribution is -2.44. The van der Waals surface area contributed by atoms with Crippen LogP contribution in [0.1, 0.15) is 25.1 Å². The summed E-state index contributed by atoms with van der Waals surface area (Å²) in [6.07, 6.45) is 2.01. The molecule has 0 amide bonds. The molecule has 0 unspecified atom stereocenters. The van der Waals surface area contributed by atoms with Gasteiger partial charge in [-0.25, -0.2) is 0 Å². The Morgan fingerprint density at radius 2 is 1.95 bits per heavy atom. The fourth-order valence-corrected chi connectivity index (χ4v) is 2.39. The highest BCUT2D eigenvalue weighted by atomic mass is 15.2. The molecule has 1 aliphatic heterocycles. The van der Waals surface area contributed by atoms with Crippen molar-refractivity contribution in [3.8, 4) is 0 Å². The molecule has 0 saturated carbocycles. The Morgan fingerprint density at radius 3 is 2.55 bits per heavy atom. The molecular weight excluding hydrogens is 248 g/mol. The molecule has 0 aliphatic carbocycles. The average molecular weight is 276 g/mol. The molecule has 112 valence electrons. The van der Waals surface area contributed by atoms with Crippen molar-refractivity contribution in [1.82, 2.24) is 20.1 Å². The lowest BCUT2D eigenvalue weighted by Gasteiger charge is -2.32. The molecule has 2 rings (SSSR count). The first-order valence-corrected chi connectivity index (χ1v) is 7.69. The number of nitrogens with zero attached hydrogens (tertiary/aromatic N) is 3. The molecular formula is C16H28N4. The van der Waals surface area contributed by atoms with Gasteiger partial charge in [0.2, 0.25) is 0 Å². The van der Waals surface area contributed by atoms with Crippen LogP contribution >= 0.6 is 0 Å². The van der Waals surface area contributed by atoms with Crippen LogP contribution in [-0.4, -0.2) is 54.6 Å². The summed E-state index contributed by atoms with van der Waals surface area (Å²) >= 11 is 0. The van der Waals surface area contributed by atoms with Crippen LogP contribution in [0.5, 0.6) is 0 Å². The van der Waals surface area contributed by atoms with E-state index in [0.717, 1.165) is 45.8 Å². The minimum absolute atomic E-state index is 0.694. The maximum atomic E-state index is 4.59. The van der Waals surface area contributed by atoms with Gasteiger partial charge < -0.3 is 10.2 Å². The van der Waals surface area contributed by atoms with E-state index in [0.29, 0.717) is 5.92 Å². The van der Waals surface area contributed by atoms with Gasteiger partial charge in [0.1, 0.15) is 0 Å². The van der Waals surface area contributed by atoms with Crippen molar-refractivity contribution in [2.24, 2.45) is 5.92 Å². The fraction of sp³-hybridized carbons (Fsp3) is 0.688. The zero-order valence-corrected chi connectivity index (χ0v) is 13.1. The van der Waals surface area contributed by atoms with E-state index >= 15 is 0 Å². The van der Waals surface area contributed by atoms with Gasteiger partial charge in [-0.15, -0.1) is 0 Å². The third-order valence-electron chi connectivity index (χ3n) is 3.75. The first-order valence-electron chi connectivity index (χ1n) is 7.69. The van der Waals surface area contributed by atoms with Gasteiger partial charge in [-0.1, -0.05) is 19.9 Å². The van der Waals surface area contributed by atoms with Crippen LogP contribution in [-0.2, 0) is 13.1 Å². The number of pyridine rings is 1. The Balaban J connectivity index is 1.76. The van der Waals surface area contributed by atoms with Crippen molar-refractivity contribution in [3.05, 3.63) is 29.6 Å². The molecule has 0 radical (unpaired) electrons. The van der Waals surface area contributed by atoms with Gasteiger partial charge in [-0.3, -0.25) is 9.88 Å². The summed E-state index contributed by atoms with van der Waals surface area (Å²) in [4.78, 5) is 9.46. The van der Waals surface area contributed by atoms with Gasteiger partial charge in [0.25, 0.3) is 0 Å². The van der Waals surface area contributed by atoms with Crippen LogP contribution in [0.3, 0.4) is 0 Å². The van der Waals surface area contributed by atoms with Gasteiger partial charge in [-0.05, 0) is 31.1 Å². The number of aromatic nitrogens is 1. The van der Waals surface area contributed by atoms with Crippen molar-refractivity contribution in [2.45, 2.75) is 26.9 Å². The highest BCUT2D eigenvalue weighted by Gasteiger charge is 2.14. The predicted octanol–water partition coefficient (Wildman–Crippen LogP) is 1.57. The molecule has 2 heterocycles. The summed E-state index contributed by atoms with van der Waals surface area (Å²) in [5, 5.41) is 3.45. The third kappa shape index (κ3) is 5.19. The molecule has 1 N–H and O–H groups in total. The second-order valence-electron chi connectivity index (χ2n) is 6.26. The fourth-order valence-electron chi connectivity index (χ4n) is 2.39. The first kappa shape index (κ1) is 15.4. The lowest BCUT2D eigenvalue weighted by atomic mass is 10.2. The van der Waals surface area contributed by atoms with Crippen LogP contribution < -0.4 is 5.32 Å². The van der Waals surface area contributed by atoms with Gasteiger partial charge in [0.05, 0.1) is 5.69 Å². The molecule has 1 saturated heterocycles. The summed E-state index contributed by atoms with van der Waals surface area (Å²) in [6.45, 7) is 12.0. The molecule has 0 atom stereocenters. The SMILES string of the molecule is CC(C)CNCc1ccc(CN2CCN(C)CC2)nc1. The van der Waals surface area contributed by atoms with Crippen molar-refractivity contribution in [3.63, 3.8) is 0 Å². The van der Waals surface area contributed by atoms with Crippen LogP contribution in [0, 0.1) is 5.92 Å². The number of nitrogens with one attached hydrogen (secondary N) is 1. The largest absolute Gasteiger partial charge is 0.312 e. The second-order valence-corrected chi connectivity index (χ2v) is 6.26. The minimum Gasteiger partial charge on any atom is -0.312 e. The number of likely N-dealkylation sites (N-methyl/N-ethyl adjacent to an activating group) is 1. The number of piperazine rings is 1. The van der Waals surface area contributed by atoms with Crippen molar-refractivity contribution in [2.75, 3.05) is 39.8 Å². The van der Waals surface area contributed by atoms with Gasteiger partial charge >= 0.3 is 0 Å². The summed E-state index contributed by atoms with van der Waals surface area (Å²) in [5.74, 6) is 0.694. The molecule has 0 spiro atoms. The molecule has 4 heteroatoms. The first-order chi connectivity index (χ1) is 9.63. The van der Waals surface area contributed by atoms with E-state index < -0.39 is 0 Å². The average Bonchev–Trinajstić information content (AvgIpc) is 2.43. The maximum absolute atomic E-state index is 4.59. The van der Waals surface area contributed by atoms with Crippen LogP contribution in [0.25, 0.3) is 0 Å². The Labute approximate surface area is 123 Å². The second kappa shape index (κ2) is 7.72. The Hall–Kier alpha value is -0.970. The molecule has 0 bridgehead atoms. The normalized spacial score (nSPS) is 17.8. The van der Waals surface area contributed by atoms with E-state index in [1.807, 2.05) is 6.20 Å². The van der Waals surface area contributed by atoms with E-state index in [1.165, 1.54) is 11.3 Å². The lowest BCUT2D eigenvalue weighted by molar-refractivity contribution is 0.147. The summed E-state index contributed by atoms with van der Waals surface area (Å²) < 4.78 is 0. The zero-order valence-electron chi connectivity index (χ0n) is 13.1. The summed E-state index contributed by atoms with van der Waals surface area (Å²) in [5.41, 5.74) is 2.45. The van der Waals surface area contributed by atoms with Crippen LogP contribution in [0.4, 0.5) is 0 Å². The highest BCUT2D eigenvalue weighted by Crippen LogP contribution is 2.07. The highest BCUT2D eigenvalue weighted by molar-refractivity contribution is 5.14. The Bertz CT molecular complexity index is 380. The number of hydrogen-bond donors (Lipinski definition) is 1. The zero-order chi connectivity index (χ0) is 14.4. The van der Waals surface area contributed by atoms with Crippen LogP contribution in [0.2, 0.25) is 0 Å². The van der Waals surface area contributed by atoms with Crippen molar-refractivity contribution < 1.29 is 0 Å². The molecule has 1 fully saturated rings. The maximum Gasteiger partial charge on any atom is 0.0544 e. The third-order valence-corrected chi connectivity index (χ3v) is 3.75. The Morgan fingerprint density at radius 1 is 1.20 bits per heavy atom. The van der Waals surface area contributed by atoms with E-state index in [4.69, 9.17) is 0 Å². The molecule has 1 aromatic rings. The quantitative estimate of drug-likeness (QED) is 0.855. The topological polar surface area (TPSA) is 31.4 Å². The smallest absolute Gasteiger partial charge is 0.0544 e. The molecule has 4 nitrogen and oxygen atoms in total. The van der Waals surface area contributed by atoms with Gasteiger partial charge in [0, 0.05) is 45.5 Å². The summed E-state index contributed by atoms with van der Waals surface area (Å²) in [6, 6.07) is 4.37. The van der Waals surface area contributed by atoms with Gasteiger partial charge in [-0.2, -0.15) is 0 Å². The number of rotatable bonds is 6. The van der Waals surface area contributed by atoms with Gasteiger partial charge in [0.15, 0.2) is 0 Å².